The number of carboxylic acids is 1. The van der Waals surface area contributed by atoms with E-state index in [2.05, 4.69) is 20.1 Å². The summed E-state index contributed by atoms with van der Waals surface area (Å²) in [5.41, 5.74) is 0.555. The van der Waals surface area contributed by atoms with E-state index < -0.39 is 37.0 Å². The molecule has 0 aliphatic rings. The van der Waals surface area contributed by atoms with Crippen molar-refractivity contribution >= 4 is 12.1 Å². The van der Waals surface area contributed by atoms with Crippen molar-refractivity contribution in [1.29, 1.82) is 0 Å². The Morgan fingerprint density at radius 1 is 1.29 bits per heavy atom. The van der Waals surface area contributed by atoms with E-state index in [1.54, 1.807) is 6.92 Å². The van der Waals surface area contributed by atoms with E-state index in [1.807, 2.05) is 0 Å². The van der Waals surface area contributed by atoms with Crippen LogP contribution in [0.5, 0.6) is 5.75 Å². The lowest BCUT2D eigenvalue weighted by Crippen LogP contribution is -2.37. The summed E-state index contributed by atoms with van der Waals surface area (Å²) < 4.78 is 47.1. The van der Waals surface area contributed by atoms with Crippen LogP contribution in [0.15, 0.2) is 36.9 Å². The zero-order chi connectivity index (χ0) is 20.7. The molecule has 0 fully saturated rings. The van der Waals surface area contributed by atoms with Crippen molar-refractivity contribution in [1.82, 2.24) is 20.1 Å². The maximum Gasteiger partial charge on any atom is 0.422 e. The third-order valence-corrected chi connectivity index (χ3v) is 3.46. The van der Waals surface area contributed by atoms with E-state index in [-0.39, 0.29) is 12.3 Å². The molecule has 0 unspecified atom stereocenters. The topological polar surface area (TPSA) is 116 Å². The number of aliphatic carboxylic acids is 1. The second-order valence-electron chi connectivity index (χ2n) is 5.69. The standard InChI is InChI=1S/C16H17F3N4O5/c1-10(11-2-4-12(5-3-11)27-7-16(17,18)19)22-15(26)28-13(14(24)25)6-23-9-20-8-21-23/h2-5,8-10,13H,6-7H2,1H3,(H,22,26)(H,24,25)/t10-,13+/m0/s1. The summed E-state index contributed by atoms with van der Waals surface area (Å²) in [6.07, 6.45) is -4.40. The summed E-state index contributed by atoms with van der Waals surface area (Å²) in [5, 5.41) is 15.3. The molecule has 0 radical (unpaired) electrons. The van der Waals surface area contributed by atoms with Crippen LogP contribution in [0.25, 0.3) is 0 Å². The van der Waals surface area contributed by atoms with Crippen LogP contribution >= 0.6 is 0 Å². The third-order valence-electron chi connectivity index (χ3n) is 3.46. The quantitative estimate of drug-likeness (QED) is 0.695. The Morgan fingerprint density at radius 3 is 2.50 bits per heavy atom. The number of alkyl carbamates (subject to hydrolysis) is 1. The molecular weight excluding hydrogens is 385 g/mol. The number of halogens is 3. The minimum Gasteiger partial charge on any atom is -0.484 e. The van der Waals surface area contributed by atoms with Gasteiger partial charge in [-0.05, 0) is 24.6 Å². The molecule has 1 amide bonds. The lowest BCUT2D eigenvalue weighted by Gasteiger charge is -2.18. The summed E-state index contributed by atoms with van der Waals surface area (Å²) in [5.74, 6) is -1.33. The molecule has 2 atom stereocenters. The van der Waals surface area contributed by atoms with Crippen molar-refractivity contribution in [3.8, 4) is 5.75 Å². The number of amides is 1. The van der Waals surface area contributed by atoms with Crippen LogP contribution in [-0.4, -0.2) is 50.8 Å². The van der Waals surface area contributed by atoms with Gasteiger partial charge < -0.3 is 19.9 Å². The Balaban J connectivity index is 1.89. The molecule has 0 aliphatic carbocycles. The zero-order valence-electron chi connectivity index (χ0n) is 14.6. The molecule has 0 saturated heterocycles. The fraction of sp³-hybridized carbons (Fsp3) is 0.375. The molecule has 12 heteroatoms. The summed E-state index contributed by atoms with van der Waals surface area (Å²) >= 11 is 0. The van der Waals surface area contributed by atoms with E-state index in [1.165, 1.54) is 41.6 Å². The molecule has 0 bridgehead atoms. The van der Waals surface area contributed by atoms with Crippen LogP contribution in [0.3, 0.4) is 0 Å². The molecule has 0 spiro atoms. The molecule has 2 aromatic rings. The minimum atomic E-state index is -4.44. The van der Waals surface area contributed by atoms with Gasteiger partial charge in [-0.3, -0.25) is 0 Å². The van der Waals surface area contributed by atoms with E-state index in [4.69, 9.17) is 9.84 Å². The lowest BCUT2D eigenvalue weighted by atomic mass is 10.1. The Kier molecular flexibility index (Phi) is 6.79. The molecular formula is C16H17F3N4O5. The zero-order valence-corrected chi connectivity index (χ0v) is 14.6. The first-order valence-electron chi connectivity index (χ1n) is 7.96. The number of hydrogen-bond donors (Lipinski definition) is 2. The van der Waals surface area contributed by atoms with Crippen molar-refractivity contribution in [2.45, 2.75) is 31.8 Å². The molecule has 1 aromatic carbocycles. The highest BCUT2D eigenvalue weighted by molar-refractivity contribution is 5.77. The van der Waals surface area contributed by atoms with Crippen LogP contribution in [0, 0.1) is 0 Å². The number of ether oxygens (including phenoxy) is 2. The van der Waals surface area contributed by atoms with Gasteiger partial charge in [0.05, 0.1) is 12.6 Å². The Hall–Kier alpha value is -3.31. The SMILES string of the molecule is C[C@H](NC(=O)O[C@H](Cn1cncn1)C(=O)O)c1ccc(OCC(F)(F)F)cc1. The first-order chi connectivity index (χ1) is 13.1. The van der Waals surface area contributed by atoms with Gasteiger partial charge >= 0.3 is 18.2 Å². The highest BCUT2D eigenvalue weighted by Gasteiger charge is 2.28. The lowest BCUT2D eigenvalue weighted by molar-refractivity contribution is -0.153. The number of hydrogen-bond acceptors (Lipinski definition) is 6. The fourth-order valence-corrected chi connectivity index (χ4v) is 2.10. The van der Waals surface area contributed by atoms with Gasteiger partial charge in [0.25, 0.3) is 0 Å². The van der Waals surface area contributed by atoms with Crippen molar-refractivity contribution in [2.75, 3.05) is 6.61 Å². The molecule has 1 heterocycles. The monoisotopic (exact) mass is 402 g/mol. The summed E-state index contributed by atoms with van der Waals surface area (Å²) in [7, 11) is 0. The molecule has 9 nitrogen and oxygen atoms in total. The van der Waals surface area contributed by atoms with E-state index >= 15 is 0 Å². The van der Waals surface area contributed by atoms with Crippen molar-refractivity contribution in [3.05, 3.63) is 42.5 Å². The number of carbonyl (C=O) groups is 2. The van der Waals surface area contributed by atoms with E-state index in [0.717, 1.165) is 0 Å². The van der Waals surface area contributed by atoms with Crippen LogP contribution in [-0.2, 0) is 16.1 Å². The largest absolute Gasteiger partial charge is 0.484 e. The van der Waals surface area contributed by atoms with Crippen LogP contribution in [0.1, 0.15) is 18.5 Å². The van der Waals surface area contributed by atoms with Crippen LogP contribution < -0.4 is 10.1 Å². The number of nitrogens with one attached hydrogen (secondary N) is 1. The predicted octanol–water partition coefficient (Wildman–Crippen LogP) is 2.16. The number of carboxylic acid groups (broad SMARTS) is 1. The van der Waals surface area contributed by atoms with Gasteiger partial charge in [0.2, 0.25) is 6.10 Å². The maximum absolute atomic E-state index is 12.1. The summed E-state index contributed by atoms with van der Waals surface area (Å²) in [6.45, 7) is -0.0305. The van der Waals surface area contributed by atoms with Gasteiger partial charge in [0.15, 0.2) is 6.61 Å². The molecule has 0 aliphatic heterocycles. The maximum atomic E-state index is 12.1. The second-order valence-corrected chi connectivity index (χ2v) is 5.69. The van der Waals surface area contributed by atoms with Crippen molar-refractivity contribution < 1.29 is 37.3 Å². The Labute approximate surface area is 157 Å². The van der Waals surface area contributed by atoms with Gasteiger partial charge in [0, 0.05) is 0 Å². The van der Waals surface area contributed by atoms with Crippen LogP contribution in [0.4, 0.5) is 18.0 Å². The second kappa shape index (κ2) is 9.06. The average molecular weight is 402 g/mol. The van der Waals surface area contributed by atoms with Gasteiger partial charge in [-0.15, -0.1) is 0 Å². The summed E-state index contributed by atoms with van der Waals surface area (Å²) in [4.78, 5) is 26.8. The van der Waals surface area contributed by atoms with Gasteiger partial charge in [-0.25, -0.2) is 19.3 Å². The normalized spacial score (nSPS) is 13.4. The number of aromatic nitrogens is 3. The minimum absolute atomic E-state index is 0.0228. The highest BCUT2D eigenvalue weighted by Crippen LogP contribution is 2.21. The van der Waals surface area contributed by atoms with Gasteiger partial charge in [0.1, 0.15) is 18.4 Å². The van der Waals surface area contributed by atoms with Crippen LogP contribution in [0.2, 0.25) is 0 Å². The molecule has 28 heavy (non-hydrogen) atoms. The van der Waals surface area contributed by atoms with Gasteiger partial charge in [-0.2, -0.15) is 18.3 Å². The fourth-order valence-electron chi connectivity index (χ4n) is 2.10. The number of nitrogens with zero attached hydrogens (tertiary/aromatic N) is 3. The number of benzene rings is 1. The average Bonchev–Trinajstić information content (AvgIpc) is 3.12. The molecule has 1 aromatic heterocycles. The van der Waals surface area contributed by atoms with E-state index in [9.17, 15) is 22.8 Å². The summed E-state index contributed by atoms with van der Waals surface area (Å²) in [6, 6.07) is 5.01. The Morgan fingerprint density at radius 2 is 1.96 bits per heavy atom. The van der Waals surface area contributed by atoms with Crippen molar-refractivity contribution in [3.63, 3.8) is 0 Å². The van der Waals surface area contributed by atoms with Gasteiger partial charge in [-0.1, -0.05) is 12.1 Å². The first kappa shape index (κ1) is 21.0. The third kappa shape index (κ3) is 6.78. The number of rotatable bonds is 8. The first-order valence-corrected chi connectivity index (χ1v) is 7.96. The smallest absolute Gasteiger partial charge is 0.422 e. The number of alkyl halides is 3. The molecule has 0 saturated carbocycles. The molecule has 152 valence electrons. The molecule has 2 rings (SSSR count). The number of carbonyl (C=O) groups excluding carboxylic acids is 1. The van der Waals surface area contributed by atoms with E-state index in [0.29, 0.717) is 5.56 Å². The highest BCUT2D eigenvalue weighted by atomic mass is 19.4. The van der Waals surface area contributed by atoms with Crippen molar-refractivity contribution in [2.24, 2.45) is 0 Å². The predicted molar refractivity (Wildman–Crippen MR) is 87.5 cm³/mol. The molecule has 2 N–H and O–H groups in total. The Bertz CT molecular complexity index is 781.